The molecular weight excluding hydrogens is 340 g/mol. The second-order valence-corrected chi connectivity index (χ2v) is 8.92. The summed E-state index contributed by atoms with van der Waals surface area (Å²) >= 11 is 2.74. The lowest BCUT2D eigenvalue weighted by atomic mass is 9.78. The topological polar surface area (TPSA) is 59.1 Å². The van der Waals surface area contributed by atoms with Crippen molar-refractivity contribution in [2.75, 3.05) is 5.32 Å². The van der Waals surface area contributed by atoms with E-state index in [4.69, 9.17) is 0 Å². The molecule has 4 nitrogen and oxygen atoms in total. The molecule has 1 N–H and O–H groups in total. The van der Waals surface area contributed by atoms with Crippen molar-refractivity contribution in [3.05, 3.63) is 45.8 Å². The minimum absolute atomic E-state index is 0.0646. The normalized spacial score (nSPS) is 16.2. The third kappa shape index (κ3) is 2.76. The van der Waals surface area contributed by atoms with Gasteiger partial charge in [0.2, 0.25) is 0 Å². The molecule has 0 unspecified atom stereocenters. The molecule has 0 fully saturated rings. The molecule has 6 heteroatoms. The Morgan fingerprint density at radius 1 is 1.21 bits per heavy atom. The highest BCUT2D eigenvalue weighted by molar-refractivity contribution is 7.21. The molecule has 0 saturated carbocycles. The van der Waals surface area contributed by atoms with Crippen LogP contribution in [0.2, 0.25) is 0 Å². The molecule has 2 heterocycles. The number of carbonyl (C=O) groups is 2. The molecule has 2 aromatic heterocycles. The Balaban J connectivity index is 1.60. The monoisotopic (exact) mass is 356 g/mol. The fourth-order valence-corrected chi connectivity index (χ4v) is 4.90. The van der Waals surface area contributed by atoms with Gasteiger partial charge in [-0.05, 0) is 29.4 Å². The minimum Gasteiger partial charge on any atom is -0.297 e. The number of Topliss-reactive ketones (excluding diaryl/α,β-unsaturated/α-hetero) is 1. The standard InChI is InChI=1S/C18H16N2O2S2/c1-18(2)8-11-15(12(21)9-18)24-17(19-11)20-16(22)14-7-10-5-3-4-6-13(10)23-14/h3-7H,8-9H2,1-2H3,(H,19,20,22). The number of carbonyl (C=O) groups excluding carboxylic acids is 2. The summed E-state index contributed by atoms with van der Waals surface area (Å²) in [6.45, 7) is 4.14. The van der Waals surface area contributed by atoms with Crippen LogP contribution in [0.3, 0.4) is 0 Å². The second kappa shape index (κ2) is 5.50. The van der Waals surface area contributed by atoms with Gasteiger partial charge in [-0.1, -0.05) is 43.4 Å². The van der Waals surface area contributed by atoms with Crippen LogP contribution in [0.5, 0.6) is 0 Å². The number of amides is 1. The van der Waals surface area contributed by atoms with Crippen molar-refractivity contribution < 1.29 is 9.59 Å². The number of nitrogens with one attached hydrogen (secondary N) is 1. The first-order valence-electron chi connectivity index (χ1n) is 7.74. The molecule has 1 aromatic carbocycles. The van der Waals surface area contributed by atoms with Gasteiger partial charge in [0, 0.05) is 11.1 Å². The molecule has 0 atom stereocenters. The van der Waals surface area contributed by atoms with Crippen LogP contribution in [-0.2, 0) is 6.42 Å². The SMILES string of the molecule is CC1(C)CC(=O)c2sc(NC(=O)c3cc4ccccc4s3)nc2C1. The number of ketones is 1. The van der Waals surface area contributed by atoms with Crippen molar-refractivity contribution in [3.8, 4) is 0 Å². The summed E-state index contributed by atoms with van der Waals surface area (Å²) in [5, 5.41) is 4.42. The average Bonchev–Trinajstić information content (AvgIpc) is 3.09. The van der Waals surface area contributed by atoms with Gasteiger partial charge in [-0.3, -0.25) is 14.9 Å². The van der Waals surface area contributed by atoms with Gasteiger partial charge < -0.3 is 0 Å². The van der Waals surface area contributed by atoms with Crippen molar-refractivity contribution in [1.29, 1.82) is 0 Å². The van der Waals surface area contributed by atoms with Crippen molar-refractivity contribution >= 4 is 49.6 Å². The Labute approximate surface area is 147 Å². The maximum absolute atomic E-state index is 12.5. The minimum atomic E-state index is -0.172. The molecule has 1 amide bonds. The van der Waals surface area contributed by atoms with Gasteiger partial charge in [0.15, 0.2) is 10.9 Å². The summed E-state index contributed by atoms with van der Waals surface area (Å²) in [7, 11) is 0. The van der Waals surface area contributed by atoms with E-state index in [0.29, 0.717) is 21.3 Å². The zero-order valence-corrected chi connectivity index (χ0v) is 15.0. The van der Waals surface area contributed by atoms with Crippen molar-refractivity contribution in [2.45, 2.75) is 26.7 Å². The van der Waals surface area contributed by atoms with Crippen molar-refractivity contribution in [1.82, 2.24) is 4.98 Å². The summed E-state index contributed by atoms with van der Waals surface area (Å²) in [6, 6.07) is 9.80. The summed E-state index contributed by atoms with van der Waals surface area (Å²) in [5.41, 5.74) is 0.748. The van der Waals surface area contributed by atoms with Crippen LogP contribution >= 0.6 is 22.7 Å². The molecule has 0 saturated heterocycles. The molecule has 0 radical (unpaired) electrons. The summed E-state index contributed by atoms with van der Waals surface area (Å²) in [6.07, 6.45) is 1.30. The van der Waals surface area contributed by atoms with E-state index >= 15 is 0 Å². The number of thiophene rings is 1. The number of nitrogens with zero attached hydrogens (tertiary/aromatic N) is 1. The fourth-order valence-electron chi connectivity index (χ4n) is 3.03. The lowest BCUT2D eigenvalue weighted by molar-refractivity contribution is 0.0915. The van der Waals surface area contributed by atoms with Crippen LogP contribution in [0.1, 0.15) is 45.3 Å². The van der Waals surface area contributed by atoms with Crippen LogP contribution in [0.15, 0.2) is 30.3 Å². The largest absolute Gasteiger partial charge is 0.297 e. The number of anilines is 1. The van der Waals surface area contributed by atoms with Crippen molar-refractivity contribution in [2.24, 2.45) is 5.41 Å². The predicted octanol–water partition coefficient (Wildman–Crippen LogP) is 4.77. The molecule has 4 rings (SSSR count). The molecule has 0 aliphatic heterocycles. The highest BCUT2D eigenvalue weighted by atomic mass is 32.1. The van der Waals surface area contributed by atoms with Crippen LogP contribution in [0, 0.1) is 5.41 Å². The number of benzene rings is 1. The van der Waals surface area contributed by atoms with E-state index in [1.54, 1.807) is 0 Å². The van der Waals surface area contributed by atoms with Crippen LogP contribution in [-0.4, -0.2) is 16.7 Å². The van der Waals surface area contributed by atoms with Crippen molar-refractivity contribution in [3.63, 3.8) is 0 Å². The van der Waals surface area contributed by atoms with E-state index < -0.39 is 0 Å². The van der Waals surface area contributed by atoms with Gasteiger partial charge >= 0.3 is 0 Å². The van der Waals surface area contributed by atoms with Crippen LogP contribution < -0.4 is 5.32 Å². The molecule has 0 spiro atoms. The van der Waals surface area contributed by atoms with Gasteiger partial charge in [-0.15, -0.1) is 11.3 Å². The maximum Gasteiger partial charge on any atom is 0.267 e. The number of fused-ring (bicyclic) bond motifs is 2. The highest BCUT2D eigenvalue weighted by Crippen LogP contribution is 2.38. The lowest BCUT2D eigenvalue weighted by Gasteiger charge is -2.26. The summed E-state index contributed by atoms with van der Waals surface area (Å²) < 4.78 is 1.08. The van der Waals surface area contributed by atoms with Crippen LogP contribution in [0.25, 0.3) is 10.1 Å². The average molecular weight is 356 g/mol. The highest BCUT2D eigenvalue weighted by Gasteiger charge is 2.34. The zero-order chi connectivity index (χ0) is 16.9. The summed E-state index contributed by atoms with van der Waals surface area (Å²) in [5.74, 6) is -0.0462. The molecular formula is C18H16N2O2S2. The van der Waals surface area contributed by atoms with E-state index in [1.165, 1.54) is 22.7 Å². The number of thiazole rings is 1. The van der Waals surface area contributed by atoms with E-state index in [2.05, 4.69) is 24.1 Å². The summed E-state index contributed by atoms with van der Waals surface area (Å²) in [4.78, 5) is 30.6. The Morgan fingerprint density at radius 2 is 2.00 bits per heavy atom. The second-order valence-electron chi connectivity index (χ2n) is 6.84. The molecule has 122 valence electrons. The number of aromatic nitrogens is 1. The predicted molar refractivity (Wildman–Crippen MR) is 98.3 cm³/mol. The quantitative estimate of drug-likeness (QED) is 0.720. The Morgan fingerprint density at radius 3 is 2.79 bits per heavy atom. The van der Waals surface area contributed by atoms with Gasteiger partial charge in [0.25, 0.3) is 5.91 Å². The number of hydrogen-bond donors (Lipinski definition) is 1. The van der Waals surface area contributed by atoms with E-state index in [0.717, 1.165) is 22.2 Å². The smallest absolute Gasteiger partial charge is 0.267 e. The first-order valence-corrected chi connectivity index (χ1v) is 9.37. The Kier molecular flexibility index (Phi) is 3.54. The molecule has 0 bridgehead atoms. The van der Waals surface area contributed by atoms with Crippen LogP contribution in [0.4, 0.5) is 5.13 Å². The van der Waals surface area contributed by atoms with E-state index in [9.17, 15) is 9.59 Å². The van der Waals surface area contributed by atoms with Gasteiger partial charge in [-0.2, -0.15) is 0 Å². The maximum atomic E-state index is 12.5. The third-order valence-corrected chi connectivity index (χ3v) is 6.27. The van der Waals surface area contributed by atoms with E-state index in [-0.39, 0.29) is 17.1 Å². The van der Waals surface area contributed by atoms with Gasteiger partial charge in [-0.25, -0.2) is 4.98 Å². The first kappa shape index (κ1) is 15.5. The fraction of sp³-hybridized carbons (Fsp3) is 0.278. The molecule has 24 heavy (non-hydrogen) atoms. The molecule has 1 aliphatic rings. The molecule has 3 aromatic rings. The number of hydrogen-bond acceptors (Lipinski definition) is 5. The van der Waals surface area contributed by atoms with E-state index in [1.807, 2.05) is 30.3 Å². The first-order chi connectivity index (χ1) is 11.4. The Bertz CT molecular complexity index is 935. The number of rotatable bonds is 2. The zero-order valence-electron chi connectivity index (χ0n) is 13.4. The van der Waals surface area contributed by atoms with Gasteiger partial charge in [0.05, 0.1) is 15.4 Å². The van der Waals surface area contributed by atoms with Gasteiger partial charge in [0.1, 0.15) is 0 Å². The third-order valence-electron chi connectivity index (χ3n) is 4.11. The molecule has 1 aliphatic carbocycles. The lowest BCUT2D eigenvalue weighted by Crippen LogP contribution is -2.26. The Hall–Kier alpha value is -2.05.